The van der Waals surface area contributed by atoms with Crippen molar-refractivity contribution < 1.29 is 4.74 Å². The Kier molecular flexibility index (Phi) is 5.24. The first-order valence-electron chi connectivity index (χ1n) is 9.52. The van der Waals surface area contributed by atoms with Gasteiger partial charge in [-0.25, -0.2) is 15.0 Å². The van der Waals surface area contributed by atoms with Gasteiger partial charge in [-0.3, -0.25) is 4.98 Å². The lowest BCUT2D eigenvalue weighted by Crippen LogP contribution is -2.28. The predicted octanol–water partition coefficient (Wildman–Crippen LogP) is 2.16. The molecule has 0 amide bonds. The first kappa shape index (κ1) is 17.1. The zero-order chi connectivity index (χ0) is 17.8. The average Bonchev–Trinajstić information content (AvgIpc) is 2.90. The van der Waals surface area contributed by atoms with Crippen molar-refractivity contribution in [1.29, 1.82) is 0 Å². The summed E-state index contributed by atoms with van der Waals surface area (Å²) in [6.45, 7) is 5.45. The number of aromatic nitrogens is 4. The van der Waals surface area contributed by atoms with Crippen molar-refractivity contribution in [2.45, 2.75) is 45.1 Å². The lowest BCUT2D eigenvalue weighted by atomic mass is 10.1. The second-order valence-corrected chi connectivity index (χ2v) is 6.96. The Labute approximate surface area is 154 Å². The monoisotopic (exact) mass is 354 g/mol. The maximum absolute atomic E-state index is 5.84. The van der Waals surface area contributed by atoms with Crippen molar-refractivity contribution in [3.05, 3.63) is 35.7 Å². The van der Waals surface area contributed by atoms with Gasteiger partial charge in [0, 0.05) is 50.6 Å². The zero-order valence-electron chi connectivity index (χ0n) is 15.3. The molecule has 0 bridgehead atoms. The summed E-state index contributed by atoms with van der Waals surface area (Å²) in [6.07, 6.45) is 10.9. The number of hydrogen-bond donors (Lipinski definition) is 1. The van der Waals surface area contributed by atoms with Gasteiger partial charge < -0.3 is 15.0 Å². The molecule has 138 valence electrons. The Morgan fingerprint density at radius 3 is 2.92 bits per heavy atom. The van der Waals surface area contributed by atoms with E-state index in [0.717, 1.165) is 68.7 Å². The van der Waals surface area contributed by atoms with Gasteiger partial charge in [0.15, 0.2) is 0 Å². The number of rotatable bonds is 4. The number of fused-ring (bicyclic) bond motifs is 1. The zero-order valence-corrected chi connectivity index (χ0v) is 15.3. The topological polar surface area (TPSA) is 76.1 Å². The number of hydrogen-bond acceptors (Lipinski definition) is 7. The molecule has 0 saturated carbocycles. The molecule has 0 aromatic carbocycles. The van der Waals surface area contributed by atoms with E-state index in [1.165, 1.54) is 18.4 Å². The van der Waals surface area contributed by atoms with E-state index in [0.29, 0.717) is 0 Å². The molecule has 0 unspecified atom stereocenters. The molecule has 7 heteroatoms. The molecule has 0 aliphatic carbocycles. The summed E-state index contributed by atoms with van der Waals surface area (Å²) >= 11 is 0. The Balaban J connectivity index is 1.49. The molecule has 1 fully saturated rings. The molecule has 26 heavy (non-hydrogen) atoms. The van der Waals surface area contributed by atoms with Gasteiger partial charge in [0.2, 0.25) is 0 Å². The fourth-order valence-corrected chi connectivity index (χ4v) is 3.73. The molecular weight excluding hydrogens is 328 g/mol. The third-order valence-corrected chi connectivity index (χ3v) is 5.10. The summed E-state index contributed by atoms with van der Waals surface area (Å²) in [5.74, 6) is 2.72. The third kappa shape index (κ3) is 3.93. The largest absolute Gasteiger partial charge is 0.376 e. The molecule has 7 nitrogen and oxygen atoms in total. The molecule has 4 rings (SSSR count). The second kappa shape index (κ2) is 7.95. The van der Waals surface area contributed by atoms with Crippen LogP contribution in [-0.2, 0) is 17.6 Å². The summed E-state index contributed by atoms with van der Waals surface area (Å²) < 4.78 is 5.84. The normalized spacial score (nSPS) is 20.3. The van der Waals surface area contributed by atoms with Crippen LogP contribution >= 0.6 is 0 Å². The highest BCUT2D eigenvalue weighted by Crippen LogP contribution is 2.24. The molecule has 0 radical (unpaired) electrons. The minimum atomic E-state index is 0.288. The van der Waals surface area contributed by atoms with Crippen molar-refractivity contribution in [3.63, 3.8) is 0 Å². The van der Waals surface area contributed by atoms with Crippen LogP contribution in [0.3, 0.4) is 0 Å². The highest BCUT2D eigenvalue weighted by atomic mass is 16.5. The average molecular weight is 354 g/mol. The van der Waals surface area contributed by atoms with Crippen LogP contribution in [0.4, 0.5) is 11.6 Å². The Morgan fingerprint density at radius 2 is 2.12 bits per heavy atom. The van der Waals surface area contributed by atoms with Gasteiger partial charge in [0.05, 0.1) is 18.0 Å². The van der Waals surface area contributed by atoms with E-state index in [1.54, 1.807) is 12.4 Å². The smallest absolute Gasteiger partial charge is 0.147 e. The van der Waals surface area contributed by atoms with Gasteiger partial charge in [-0.15, -0.1) is 0 Å². The molecule has 4 heterocycles. The van der Waals surface area contributed by atoms with E-state index >= 15 is 0 Å². The van der Waals surface area contributed by atoms with Crippen molar-refractivity contribution in [2.24, 2.45) is 0 Å². The predicted molar refractivity (Wildman–Crippen MR) is 101 cm³/mol. The van der Waals surface area contributed by atoms with Crippen LogP contribution in [-0.4, -0.2) is 52.3 Å². The van der Waals surface area contributed by atoms with Gasteiger partial charge in [0.25, 0.3) is 0 Å². The van der Waals surface area contributed by atoms with Crippen molar-refractivity contribution in [3.8, 4) is 0 Å². The molecule has 2 aromatic rings. The maximum atomic E-state index is 5.84. The van der Waals surface area contributed by atoms with Crippen LogP contribution in [0.15, 0.2) is 18.6 Å². The van der Waals surface area contributed by atoms with E-state index < -0.39 is 0 Å². The van der Waals surface area contributed by atoms with Crippen LogP contribution < -0.4 is 10.2 Å². The lowest BCUT2D eigenvalue weighted by molar-refractivity contribution is 0.0247. The number of nitrogens with zero attached hydrogens (tertiary/aromatic N) is 5. The highest BCUT2D eigenvalue weighted by Gasteiger charge is 2.21. The number of ether oxygens (including phenoxy) is 1. The minimum Gasteiger partial charge on any atom is -0.376 e. The first-order valence-corrected chi connectivity index (χ1v) is 9.52. The summed E-state index contributed by atoms with van der Waals surface area (Å²) in [5.41, 5.74) is 2.38. The van der Waals surface area contributed by atoms with Gasteiger partial charge in [-0.2, -0.15) is 0 Å². The minimum absolute atomic E-state index is 0.288. The van der Waals surface area contributed by atoms with Crippen LogP contribution in [0.1, 0.15) is 36.3 Å². The fraction of sp³-hybridized carbons (Fsp3) is 0.579. The molecular formula is C19H26N6O. The van der Waals surface area contributed by atoms with Crippen LogP contribution in [0.25, 0.3) is 0 Å². The van der Waals surface area contributed by atoms with E-state index in [4.69, 9.17) is 9.72 Å². The van der Waals surface area contributed by atoms with E-state index in [-0.39, 0.29) is 6.10 Å². The van der Waals surface area contributed by atoms with Crippen LogP contribution in [0.5, 0.6) is 0 Å². The highest BCUT2D eigenvalue weighted by molar-refractivity contribution is 5.49. The Hall–Kier alpha value is -2.28. The number of nitrogens with one attached hydrogen (secondary N) is 1. The molecule has 1 atom stereocenters. The summed E-state index contributed by atoms with van der Waals surface area (Å²) in [6, 6.07) is 0. The lowest BCUT2D eigenvalue weighted by Gasteiger charge is -2.24. The maximum Gasteiger partial charge on any atom is 0.147 e. The van der Waals surface area contributed by atoms with E-state index in [9.17, 15) is 0 Å². The molecule has 2 aliphatic heterocycles. The van der Waals surface area contributed by atoms with Gasteiger partial charge >= 0.3 is 0 Å². The SMILES string of the molecule is Cc1nc2c(c(NC[C@H]3CCCCO3)n1)CCN(c1cnccn1)CC2. The summed E-state index contributed by atoms with van der Waals surface area (Å²) in [4.78, 5) is 20.3. The Morgan fingerprint density at radius 1 is 1.19 bits per heavy atom. The van der Waals surface area contributed by atoms with Crippen LogP contribution in [0.2, 0.25) is 0 Å². The first-order chi connectivity index (χ1) is 12.8. The summed E-state index contributed by atoms with van der Waals surface area (Å²) in [7, 11) is 0. The standard InChI is InChI=1S/C19H26N6O/c1-14-23-17-6-10-25(18-13-20-7-8-21-18)9-5-16(17)19(24-14)22-12-15-4-2-3-11-26-15/h7-8,13,15H,2-6,9-12H2,1H3,(H,22,23,24)/t15-/m1/s1. The Bertz CT molecular complexity index is 732. The van der Waals surface area contributed by atoms with Gasteiger partial charge in [-0.05, 0) is 32.6 Å². The van der Waals surface area contributed by atoms with E-state index in [2.05, 4.69) is 25.2 Å². The quantitative estimate of drug-likeness (QED) is 0.901. The second-order valence-electron chi connectivity index (χ2n) is 6.96. The van der Waals surface area contributed by atoms with Crippen LogP contribution in [0, 0.1) is 6.92 Å². The van der Waals surface area contributed by atoms with Crippen molar-refractivity contribution in [2.75, 3.05) is 36.5 Å². The molecule has 2 aliphatic rings. The third-order valence-electron chi connectivity index (χ3n) is 5.10. The van der Waals surface area contributed by atoms with Gasteiger partial charge in [0.1, 0.15) is 17.5 Å². The van der Waals surface area contributed by atoms with Crippen molar-refractivity contribution in [1.82, 2.24) is 19.9 Å². The van der Waals surface area contributed by atoms with E-state index in [1.807, 2.05) is 13.1 Å². The number of anilines is 2. The fourth-order valence-electron chi connectivity index (χ4n) is 3.73. The van der Waals surface area contributed by atoms with Gasteiger partial charge in [-0.1, -0.05) is 0 Å². The molecule has 2 aromatic heterocycles. The summed E-state index contributed by atoms with van der Waals surface area (Å²) in [5, 5.41) is 3.54. The van der Waals surface area contributed by atoms with Crippen molar-refractivity contribution >= 4 is 11.6 Å². The number of aryl methyl sites for hydroxylation is 1. The molecule has 0 spiro atoms. The molecule has 1 saturated heterocycles. The molecule has 1 N–H and O–H groups in total.